The Morgan fingerprint density at radius 2 is 1.10 bits per heavy atom. The van der Waals surface area contributed by atoms with E-state index in [4.69, 9.17) is 25.4 Å². The van der Waals surface area contributed by atoms with Crippen LogP contribution in [0.4, 0.5) is 0 Å². The smallest absolute Gasteiger partial charge is 0.184 e. The molecule has 0 aromatic heterocycles. The van der Waals surface area contributed by atoms with Crippen molar-refractivity contribution in [2.24, 2.45) is 0 Å². The molecular weight excluding hydrogens is 392 g/mol. The van der Waals surface area contributed by atoms with Crippen molar-refractivity contribution >= 4 is 8.07 Å². The van der Waals surface area contributed by atoms with E-state index in [0.717, 1.165) is 22.3 Å². The zero-order chi connectivity index (χ0) is 21.4. The van der Waals surface area contributed by atoms with E-state index >= 15 is 0 Å². The van der Waals surface area contributed by atoms with Crippen molar-refractivity contribution in [2.45, 2.75) is 32.2 Å². The lowest BCUT2D eigenvalue weighted by Gasteiger charge is -2.08. The summed E-state index contributed by atoms with van der Waals surface area (Å²) >= 11 is 0. The third-order valence-corrected chi connectivity index (χ3v) is 5.23. The summed E-state index contributed by atoms with van der Waals surface area (Å²) in [7, 11) is -1.29. The van der Waals surface area contributed by atoms with E-state index in [-0.39, 0.29) is 12.6 Å². The molecule has 0 bridgehead atoms. The Labute approximate surface area is 180 Å². The minimum atomic E-state index is -1.29. The Bertz CT molecular complexity index is 899. The third kappa shape index (κ3) is 6.85. The molecular formula is C25H28O4Si. The van der Waals surface area contributed by atoms with Crippen LogP contribution in [0, 0.1) is 23.8 Å². The van der Waals surface area contributed by atoms with Gasteiger partial charge in [0.25, 0.3) is 0 Å². The summed E-state index contributed by atoms with van der Waals surface area (Å²) in [5.41, 5.74) is 7.39. The second-order valence-electron chi connectivity index (χ2n) is 8.04. The molecule has 0 aliphatic carbocycles. The second-order valence-corrected chi connectivity index (χ2v) is 12.8. The maximum atomic E-state index is 5.44. The quantitative estimate of drug-likeness (QED) is 0.522. The molecule has 156 valence electrons. The zero-order valence-electron chi connectivity index (χ0n) is 17.8. The van der Waals surface area contributed by atoms with Gasteiger partial charge in [0, 0.05) is 22.3 Å². The van der Waals surface area contributed by atoms with Gasteiger partial charge in [-0.2, -0.15) is 0 Å². The van der Waals surface area contributed by atoms with Gasteiger partial charge in [-0.1, -0.05) is 55.7 Å². The fourth-order valence-electron chi connectivity index (χ4n) is 2.82. The van der Waals surface area contributed by atoms with Crippen LogP contribution in [0.1, 0.15) is 34.8 Å². The fourth-order valence-corrected chi connectivity index (χ4v) is 3.34. The molecule has 2 aromatic carbocycles. The van der Waals surface area contributed by atoms with Crippen molar-refractivity contribution in [1.82, 2.24) is 0 Å². The molecule has 2 aromatic rings. The van der Waals surface area contributed by atoms with Crippen LogP contribution in [-0.4, -0.2) is 34.5 Å². The van der Waals surface area contributed by atoms with E-state index in [0.29, 0.717) is 26.4 Å². The first-order valence-electron chi connectivity index (χ1n) is 10.1. The first-order valence-corrected chi connectivity index (χ1v) is 13.6. The SMILES string of the molecule is C#Cc1ccc(C2OCCO2)cc1.C[Si](C)(C)C#Cc1ccc(C2OCCO2)cc1. The average Bonchev–Trinajstić information content (AvgIpc) is 3.47. The van der Waals surface area contributed by atoms with Gasteiger partial charge in [0.05, 0.1) is 26.4 Å². The predicted molar refractivity (Wildman–Crippen MR) is 120 cm³/mol. The van der Waals surface area contributed by atoms with Gasteiger partial charge in [0.15, 0.2) is 12.6 Å². The van der Waals surface area contributed by atoms with Gasteiger partial charge in [0.1, 0.15) is 8.07 Å². The van der Waals surface area contributed by atoms with E-state index in [2.05, 4.69) is 37.0 Å². The highest BCUT2D eigenvalue weighted by Gasteiger charge is 2.18. The van der Waals surface area contributed by atoms with Gasteiger partial charge in [0.2, 0.25) is 0 Å². The Morgan fingerprint density at radius 1 is 0.700 bits per heavy atom. The normalized spacial score (nSPS) is 16.9. The molecule has 0 amide bonds. The molecule has 4 nitrogen and oxygen atoms in total. The summed E-state index contributed by atoms with van der Waals surface area (Å²) < 4.78 is 21.6. The molecule has 5 heteroatoms. The first-order chi connectivity index (χ1) is 14.4. The molecule has 0 unspecified atom stereocenters. The Hall–Kier alpha value is -2.38. The van der Waals surface area contributed by atoms with Crippen LogP contribution in [-0.2, 0) is 18.9 Å². The van der Waals surface area contributed by atoms with E-state index < -0.39 is 8.07 Å². The maximum absolute atomic E-state index is 5.44. The molecule has 4 rings (SSSR count). The molecule has 2 saturated heterocycles. The van der Waals surface area contributed by atoms with Crippen molar-refractivity contribution in [1.29, 1.82) is 0 Å². The van der Waals surface area contributed by atoms with Gasteiger partial charge < -0.3 is 18.9 Å². The Kier molecular flexibility index (Phi) is 7.87. The minimum absolute atomic E-state index is 0.186. The molecule has 2 aliphatic rings. The maximum Gasteiger partial charge on any atom is 0.184 e. The molecule has 30 heavy (non-hydrogen) atoms. The topological polar surface area (TPSA) is 36.9 Å². The molecule has 0 atom stereocenters. The lowest BCUT2D eigenvalue weighted by Crippen LogP contribution is -2.16. The molecule has 0 N–H and O–H groups in total. The summed E-state index contributed by atoms with van der Waals surface area (Å²) in [6.07, 6.45) is 4.85. The van der Waals surface area contributed by atoms with E-state index in [1.165, 1.54) is 0 Å². The molecule has 2 heterocycles. The van der Waals surface area contributed by atoms with Crippen LogP contribution in [0.15, 0.2) is 48.5 Å². The number of hydrogen-bond donors (Lipinski definition) is 0. The van der Waals surface area contributed by atoms with Crippen molar-refractivity contribution in [2.75, 3.05) is 26.4 Å². The summed E-state index contributed by atoms with van der Waals surface area (Å²) in [6, 6.07) is 15.8. The van der Waals surface area contributed by atoms with Gasteiger partial charge >= 0.3 is 0 Å². The molecule has 2 fully saturated rings. The van der Waals surface area contributed by atoms with Crippen LogP contribution in [0.2, 0.25) is 19.6 Å². The molecule has 0 radical (unpaired) electrons. The van der Waals surface area contributed by atoms with Crippen LogP contribution in [0.3, 0.4) is 0 Å². The fraction of sp³-hybridized carbons (Fsp3) is 0.360. The van der Waals surface area contributed by atoms with Gasteiger partial charge in [-0.3, -0.25) is 0 Å². The number of benzene rings is 2. The number of terminal acetylenes is 1. The van der Waals surface area contributed by atoms with Gasteiger partial charge in [-0.15, -0.1) is 12.0 Å². The van der Waals surface area contributed by atoms with Crippen molar-refractivity contribution in [3.8, 4) is 23.8 Å². The summed E-state index contributed by atoms with van der Waals surface area (Å²) in [4.78, 5) is 0. The van der Waals surface area contributed by atoms with Crippen molar-refractivity contribution in [3.05, 3.63) is 70.8 Å². The lowest BCUT2D eigenvalue weighted by molar-refractivity contribution is -0.0443. The molecule has 0 saturated carbocycles. The van der Waals surface area contributed by atoms with Gasteiger partial charge in [-0.25, -0.2) is 0 Å². The Balaban J connectivity index is 0.000000177. The summed E-state index contributed by atoms with van der Waals surface area (Å²) in [5.74, 6) is 5.80. The Morgan fingerprint density at radius 3 is 1.47 bits per heavy atom. The number of rotatable bonds is 2. The highest BCUT2D eigenvalue weighted by Crippen LogP contribution is 2.24. The number of hydrogen-bond acceptors (Lipinski definition) is 4. The monoisotopic (exact) mass is 420 g/mol. The van der Waals surface area contributed by atoms with Crippen LogP contribution in [0.25, 0.3) is 0 Å². The van der Waals surface area contributed by atoms with Crippen molar-refractivity contribution < 1.29 is 18.9 Å². The van der Waals surface area contributed by atoms with Gasteiger partial charge in [-0.05, 0) is 24.3 Å². The van der Waals surface area contributed by atoms with Crippen LogP contribution < -0.4 is 0 Å². The second kappa shape index (κ2) is 10.6. The highest BCUT2D eigenvalue weighted by atomic mass is 28.3. The zero-order valence-corrected chi connectivity index (χ0v) is 18.8. The molecule has 0 spiro atoms. The summed E-state index contributed by atoms with van der Waals surface area (Å²) in [6.45, 7) is 9.44. The van der Waals surface area contributed by atoms with Crippen LogP contribution >= 0.6 is 0 Å². The predicted octanol–water partition coefficient (Wildman–Crippen LogP) is 4.67. The standard InChI is InChI=1S/C14H18O2Si.C11H10O2/c1-17(2,3)11-8-12-4-6-13(7-5-12)14-15-9-10-16-14;1-2-9-3-5-10(6-4-9)11-12-7-8-13-11/h4-7,14H,9-10H2,1-3H3;1,3-6,11H,7-8H2. The lowest BCUT2D eigenvalue weighted by atomic mass is 10.1. The molecule has 2 aliphatic heterocycles. The average molecular weight is 421 g/mol. The number of ether oxygens (including phenoxy) is 4. The minimum Gasteiger partial charge on any atom is -0.346 e. The third-order valence-electron chi connectivity index (χ3n) is 4.36. The van der Waals surface area contributed by atoms with Crippen LogP contribution in [0.5, 0.6) is 0 Å². The first kappa shape index (κ1) is 22.3. The van der Waals surface area contributed by atoms with Crippen molar-refractivity contribution in [3.63, 3.8) is 0 Å². The summed E-state index contributed by atoms with van der Waals surface area (Å²) in [5, 5.41) is 0. The highest BCUT2D eigenvalue weighted by molar-refractivity contribution is 6.83. The van der Waals surface area contributed by atoms with E-state index in [1.54, 1.807) is 0 Å². The van der Waals surface area contributed by atoms with E-state index in [9.17, 15) is 0 Å². The largest absolute Gasteiger partial charge is 0.346 e. The van der Waals surface area contributed by atoms with E-state index in [1.807, 2.05) is 48.5 Å².